The highest BCUT2D eigenvalue weighted by molar-refractivity contribution is 5.93. The Balaban J connectivity index is 1.92. The van der Waals surface area contributed by atoms with Crippen LogP contribution in [0.4, 0.5) is 0 Å². The molecule has 7 heteroatoms. The van der Waals surface area contributed by atoms with Crippen molar-refractivity contribution in [1.82, 2.24) is 20.4 Å². The van der Waals surface area contributed by atoms with Crippen molar-refractivity contribution in [2.24, 2.45) is 10.4 Å². The zero-order valence-corrected chi connectivity index (χ0v) is 17.7. The van der Waals surface area contributed by atoms with Gasteiger partial charge in [0, 0.05) is 53.9 Å². The van der Waals surface area contributed by atoms with Gasteiger partial charge in [0.1, 0.15) is 0 Å². The lowest BCUT2D eigenvalue weighted by Gasteiger charge is -2.31. The summed E-state index contributed by atoms with van der Waals surface area (Å²) in [7, 11) is 8.85. The molecule has 0 aliphatic heterocycles. The second-order valence-electron chi connectivity index (χ2n) is 7.86. The van der Waals surface area contributed by atoms with Crippen LogP contribution in [0.3, 0.4) is 0 Å². The molecule has 0 heterocycles. The molecule has 0 atom stereocenters. The van der Waals surface area contributed by atoms with Crippen molar-refractivity contribution in [3.63, 3.8) is 0 Å². The number of nitrogens with one attached hydrogen (secondary N) is 2. The third-order valence-electron chi connectivity index (χ3n) is 5.31. The van der Waals surface area contributed by atoms with E-state index in [9.17, 15) is 9.59 Å². The monoisotopic (exact) mass is 387 g/mol. The molecule has 2 N–H and O–H groups in total. The van der Waals surface area contributed by atoms with E-state index in [4.69, 9.17) is 0 Å². The van der Waals surface area contributed by atoms with Crippen LogP contribution in [-0.2, 0) is 11.3 Å². The second-order valence-corrected chi connectivity index (χ2v) is 7.86. The lowest BCUT2D eigenvalue weighted by Crippen LogP contribution is -2.49. The Morgan fingerprint density at radius 2 is 1.61 bits per heavy atom. The van der Waals surface area contributed by atoms with Crippen molar-refractivity contribution in [3.8, 4) is 0 Å². The number of benzene rings is 1. The van der Waals surface area contributed by atoms with Crippen LogP contribution >= 0.6 is 0 Å². The molecule has 1 aliphatic rings. The van der Waals surface area contributed by atoms with Gasteiger partial charge >= 0.3 is 0 Å². The first-order valence-corrected chi connectivity index (χ1v) is 9.76. The van der Waals surface area contributed by atoms with Gasteiger partial charge in [-0.05, 0) is 30.5 Å². The van der Waals surface area contributed by atoms with E-state index in [1.54, 1.807) is 30.9 Å². The molecule has 2 amide bonds. The number of hydrogen-bond donors (Lipinski definition) is 2. The van der Waals surface area contributed by atoms with Crippen molar-refractivity contribution in [3.05, 3.63) is 35.4 Å². The van der Waals surface area contributed by atoms with Crippen LogP contribution in [0.25, 0.3) is 0 Å². The van der Waals surface area contributed by atoms with E-state index in [1.807, 2.05) is 38.4 Å². The maximum Gasteiger partial charge on any atom is 0.253 e. The van der Waals surface area contributed by atoms with Gasteiger partial charge < -0.3 is 20.4 Å². The normalized spacial score (nSPS) is 15.8. The Bertz CT molecular complexity index is 704. The predicted octanol–water partition coefficient (Wildman–Crippen LogP) is 1.70. The molecule has 0 radical (unpaired) electrons. The number of aliphatic imine (C=N–C) groups is 1. The van der Waals surface area contributed by atoms with Gasteiger partial charge in [0.05, 0.1) is 5.41 Å². The van der Waals surface area contributed by atoms with Crippen molar-refractivity contribution < 1.29 is 9.59 Å². The number of guanidine groups is 1. The van der Waals surface area contributed by atoms with Gasteiger partial charge in [-0.15, -0.1) is 0 Å². The lowest BCUT2D eigenvalue weighted by molar-refractivity contribution is -0.138. The molecule has 1 aliphatic carbocycles. The summed E-state index contributed by atoms with van der Waals surface area (Å²) in [5, 5.41) is 6.62. The molecule has 1 saturated carbocycles. The van der Waals surface area contributed by atoms with E-state index in [0.29, 0.717) is 24.6 Å². The van der Waals surface area contributed by atoms with E-state index in [0.717, 1.165) is 31.2 Å². The van der Waals surface area contributed by atoms with Gasteiger partial charge in [-0.25, -0.2) is 0 Å². The first-order chi connectivity index (χ1) is 13.3. The second kappa shape index (κ2) is 9.57. The zero-order valence-electron chi connectivity index (χ0n) is 17.7. The Hall–Kier alpha value is -2.57. The maximum atomic E-state index is 12.7. The fourth-order valence-corrected chi connectivity index (χ4v) is 3.68. The van der Waals surface area contributed by atoms with Crippen LogP contribution in [0.2, 0.25) is 0 Å². The van der Waals surface area contributed by atoms with Crippen LogP contribution in [0, 0.1) is 5.41 Å². The van der Waals surface area contributed by atoms with E-state index in [2.05, 4.69) is 15.6 Å². The third kappa shape index (κ3) is 5.24. The van der Waals surface area contributed by atoms with Crippen LogP contribution < -0.4 is 10.6 Å². The minimum atomic E-state index is -0.338. The van der Waals surface area contributed by atoms with E-state index < -0.39 is 0 Å². The quantitative estimate of drug-likeness (QED) is 0.575. The minimum absolute atomic E-state index is 0.00981. The number of nitrogens with zero attached hydrogens (tertiary/aromatic N) is 3. The molecule has 0 bridgehead atoms. The molecule has 154 valence electrons. The molecule has 0 aromatic heterocycles. The standard InChI is InChI=1S/C21H33N5O2/c1-22-20(24-15-21(12-6-7-13-21)19(28)26(4)5)23-14-16-8-10-17(11-9-16)18(27)25(2)3/h8-11H,6-7,12-15H2,1-5H3,(H2,22,23,24). The highest BCUT2D eigenvalue weighted by atomic mass is 16.2. The number of hydrogen-bond acceptors (Lipinski definition) is 3. The van der Waals surface area contributed by atoms with Crippen molar-refractivity contribution >= 4 is 17.8 Å². The summed E-state index contributed by atoms with van der Waals surface area (Å²) in [5.74, 6) is 0.852. The van der Waals surface area contributed by atoms with Gasteiger partial charge in [-0.1, -0.05) is 25.0 Å². The summed E-state index contributed by atoms with van der Waals surface area (Å²) in [6, 6.07) is 7.54. The van der Waals surface area contributed by atoms with Crippen LogP contribution in [0.5, 0.6) is 0 Å². The molecule has 28 heavy (non-hydrogen) atoms. The molecule has 0 spiro atoms. The van der Waals surface area contributed by atoms with E-state index in [1.165, 1.54) is 0 Å². The summed E-state index contributed by atoms with van der Waals surface area (Å²) >= 11 is 0. The molecule has 0 unspecified atom stereocenters. The first-order valence-electron chi connectivity index (χ1n) is 9.76. The highest BCUT2D eigenvalue weighted by Gasteiger charge is 2.42. The summed E-state index contributed by atoms with van der Waals surface area (Å²) in [6.45, 7) is 1.17. The molecule has 1 aromatic rings. The number of carbonyl (C=O) groups is 2. The fraction of sp³-hybridized carbons (Fsp3) is 0.571. The average molecular weight is 388 g/mol. The van der Waals surface area contributed by atoms with Crippen molar-refractivity contribution in [2.75, 3.05) is 41.8 Å². The fourth-order valence-electron chi connectivity index (χ4n) is 3.68. The van der Waals surface area contributed by atoms with Crippen LogP contribution in [0.15, 0.2) is 29.3 Å². The Labute approximate surface area is 168 Å². The summed E-state index contributed by atoms with van der Waals surface area (Å²) in [5.41, 5.74) is 1.38. The Morgan fingerprint density at radius 1 is 1.00 bits per heavy atom. The Morgan fingerprint density at radius 3 is 2.11 bits per heavy atom. The topological polar surface area (TPSA) is 77.0 Å². The molecule has 1 fully saturated rings. The summed E-state index contributed by atoms with van der Waals surface area (Å²) in [4.78, 5) is 32.2. The van der Waals surface area contributed by atoms with Gasteiger partial charge in [0.15, 0.2) is 5.96 Å². The summed E-state index contributed by atoms with van der Waals surface area (Å²) in [6.07, 6.45) is 4.00. The van der Waals surface area contributed by atoms with Crippen LogP contribution in [-0.4, -0.2) is 69.4 Å². The highest BCUT2D eigenvalue weighted by Crippen LogP contribution is 2.38. The summed E-state index contributed by atoms with van der Waals surface area (Å²) < 4.78 is 0. The van der Waals surface area contributed by atoms with E-state index >= 15 is 0 Å². The minimum Gasteiger partial charge on any atom is -0.355 e. The lowest BCUT2D eigenvalue weighted by atomic mass is 9.84. The van der Waals surface area contributed by atoms with Crippen molar-refractivity contribution in [1.29, 1.82) is 0 Å². The number of carbonyl (C=O) groups excluding carboxylic acids is 2. The van der Waals surface area contributed by atoms with Crippen LogP contribution in [0.1, 0.15) is 41.6 Å². The molecule has 1 aromatic carbocycles. The predicted molar refractivity (Wildman–Crippen MR) is 112 cm³/mol. The van der Waals surface area contributed by atoms with Crippen molar-refractivity contribution in [2.45, 2.75) is 32.2 Å². The maximum absolute atomic E-state index is 12.7. The van der Waals surface area contributed by atoms with E-state index in [-0.39, 0.29) is 17.2 Å². The SMILES string of the molecule is CN=C(NCc1ccc(C(=O)N(C)C)cc1)NCC1(C(=O)N(C)C)CCCC1. The van der Waals surface area contributed by atoms with Gasteiger partial charge in [-0.2, -0.15) is 0 Å². The average Bonchev–Trinajstić information content (AvgIpc) is 3.17. The van der Waals surface area contributed by atoms with Gasteiger partial charge in [-0.3, -0.25) is 14.6 Å². The zero-order chi connectivity index (χ0) is 20.7. The number of amides is 2. The smallest absolute Gasteiger partial charge is 0.253 e. The Kier molecular flexibility index (Phi) is 7.43. The third-order valence-corrected chi connectivity index (χ3v) is 5.31. The molecular formula is C21H33N5O2. The molecule has 0 saturated heterocycles. The largest absolute Gasteiger partial charge is 0.355 e. The molecule has 2 rings (SSSR count). The molecular weight excluding hydrogens is 354 g/mol. The van der Waals surface area contributed by atoms with Gasteiger partial charge in [0.2, 0.25) is 5.91 Å². The number of rotatable bonds is 6. The first kappa shape index (κ1) is 21.7. The van der Waals surface area contributed by atoms with Gasteiger partial charge in [0.25, 0.3) is 5.91 Å². The molecule has 7 nitrogen and oxygen atoms in total.